The van der Waals surface area contributed by atoms with Crippen LogP contribution in [-0.2, 0) is 7.05 Å². The van der Waals surface area contributed by atoms with Gasteiger partial charge in [-0.25, -0.2) is 0 Å². The van der Waals surface area contributed by atoms with Crippen LogP contribution in [-0.4, -0.2) is 20.0 Å². The van der Waals surface area contributed by atoms with Crippen molar-refractivity contribution in [3.63, 3.8) is 0 Å². The molecule has 3 N–H and O–H groups in total. The highest BCUT2D eigenvalue weighted by Crippen LogP contribution is 2.45. The van der Waals surface area contributed by atoms with Gasteiger partial charge in [-0.15, -0.1) is 0 Å². The summed E-state index contributed by atoms with van der Waals surface area (Å²) in [7, 11) is 1.71. The predicted molar refractivity (Wildman–Crippen MR) is 96.6 cm³/mol. The van der Waals surface area contributed by atoms with Crippen molar-refractivity contribution >= 4 is 29.0 Å². The number of amides is 1. The van der Waals surface area contributed by atoms with E-state index in [1.807, 2.05) is 13.8 Å². The number of halogens is 1. The third-order valence-corrected chi connectivity index (χ3v) is 5.28. The van der Waals surface area contributed by atoms with E-state index in [4.69, 9.17) is 17.3 Å². The molecule has 0 unspecified atom stereocenters. The lowest BCUT2D eigenvalue weighted by molar-refractivity contribution is 0.0993. The molecule has 0 aliphatic heterocycles. The number of nitrogens with two attached hydrogens (primary N) is 1. The Morgan fingerprint density at radius 3 is 2.33 bits per heavy atom. The van der Waals surface area contributed by atoms with Gasteiger partial charge in [-0.2, -0.15) is 4.37 Å². The Hall–Kier alpha value is -2.31. The molecule has 0 spiro atoms. The van der Waals surface area contributed by atoms with Crippen LogP contribution in [0, 0.1) is 13.8 Å². The van der Waals surface area contributed by atoms with E-state index in [1.54, 1.807) is 35.9 Å². The number of rotatable bonds is 3. The van der Waals surface area contributed by atoms with Gasteiger partial charge in [0.15, 0.2) is 0 Å². The average molecular weight is 362 g/mol. The Morgan fingerprint density at radius 2 is 1.83 bits per heavy atom. The normalized spacial score (nSPS) is 11.0. The number of carbonyl (C=O) groups is 1. The second kappa shape index (κ2) is 5.96. The summed E-state index contributed by atoms with van der Waals surface area (Å²) in [6.07, 6.45) is 0. The third kappa shape index (κ3) is 2.48. The summed E-state index contributed by atoms with van der Waals surface area (Å²) in [6, 6.07) is 6.68. The van der Waals surface area contributed by atoms with Gasteiger partial charge in [-0.1, -0.05) is 23.7 Å². The van der Waals surface area contributed by atoms with Crippen molar-refractivity contribution in [3.8, 4) is 28.0 Å². The van der Waals surface area contributed by atoms with Gasteiger partial charge in [0.05, 0.1) is 5.69 Å². The SMILES string of the molecule is Cc1nsc(C)c1-c1c(-c2ccc(O)cc2)c(Cl)n(C)c1C(N)=O. The van der Waals surface area contributed by atoms with Gasteiger partial charge in [0.25, 0.3) is 5.91 Å². The van der Waals surface area contributed by atoms with E-state index in [0.29, 0.717) is 22.0 Å². The summed E-state index contributed by atoms with van der Waals surface area (Å²) in [5, 5.41) is 9.95. The molecule has 24 heavy (non-hydrogen) atoms. The zero-order valence-electron chi connectivity index (χ0n) is 13.4. The van der Waals surface area contributed by atoms with Gasteiger partial charge in [0, 0.05) is 28.6 Å². The summed E-state index contributed by atoms with van der Waals surface area (Å²) < 4.78 is 5.97. The summed E-state index contributed by atoms with van der Waals surface area (Å²) in [6.45, 7) is 3.84. The molecule has 1 aromatic carbocycles. The zero-order valence-corrected chi connectivity index (χ0v) is 15.0. The van der Waals surface area contributed by atoms with E-state index in [0.717, 1.165) is 21.7 Å². The second-order valence-electron chi connectivity index (χ2n) is 5.56. The van der Waals surface area contributed by atoms with Crippen LogP contribution < -0.4 is 5.73 Å². The van der Waals surface area contributed by atoms with Crippen LogP contribution in [0.25, 0.3) is 22.3 Å². The van der Waals surface area contributed by atoms with E-state index in [2.05, 4.69) is 4.37 Å². The molecule has 0 fully saturated rings. The Labute approximate surface area is 148 Å². The van der Waals surface area contributed by atoms with Crippen LogP contribution in [0.2, 0.25) is 5.15 Å². The molecule has 3 aromatic rings. The lowest BCUT2D eigenvalue weighted by Crippen LogP contribution is -2.16. The van der Waals surface area contributed by atoms with Crippen molar-refractivity contribution in [1.82, 2.24) is 8.94 Å². The first-order chi connectivity index (χ1) is 11.3. The molecule has 0 aliphatic rings. The number of benzene rings is 1. The van der Waals surface area contributed by atoms with Crippen LogP contribution in [0.1, 0.15) is 21.1 Å². The van der Waals surface area contributed by atoms with Crippen LogP contribution >= 0.6 is 23.1 Å². The van der Waals surface area contributed by atoms with Crippen molar-refractivity contribution < 1.29 is 9.90 Å². The highest BCUT2D eigenvalue weighted by Gasteiger charge is 2.28. The summed E-state index contributed by atoms with van der Waals surface area (Å²) in [4.78, 5) is 13.1. The molecule has 2 heterocycles. The van der Waals surface area contributed by atoms with Crippen molar-refractivity contribution in [1.29, 1.82) is 0 Å². The number of carbonyl (C=O) groups excluding carboxylic acids is 1. The number of aryl methyl sites for hydroxylation is 2. The molecule has 1 amide bonds. The highest BCUT2D eigenvalue weighted by molar-refractivity contribution is 7.06. The van der Waals surface area contributed by atoms with Crippen LogP contribution in [0.3, 0.4) is 0 Å². The second-order valence-corrected chi connectivity index (χ2v) is 6.89. The van der Waals surface area contributed by atoms with E-state index in [9.17, 15) is 9.90 Å². The molecular formula is C17H16ClN3O2S. The number of phenols is 1. The lowest BCUT2D eigenvalue weighted by Gasteiger charge is -2.08. The molecule has 2 aromatic heterocycles. The fraction of sp³-hybridized carbons (Fsp3) is 0.176. The number of phenolic OH excluding ortho intramolecular Hbond substituents is 1. The topological polar surface area (TPSA) is 81.1 Å². The average Bonchev–Trinajstić information content (AvgIpc) is 2.98. The van der Waals surface area contributed by atoms with Crippen molar-refractivity contribution in [3.05, 3.63) is 45.7 Å². The monoisotopic (exact) mass is 361 g/mol. The maximum Gasteiger partial charge on any atom is 0.266 e. The minimum Gasteiger partial charge on any atom is -0.508 e. The molecule has 0 bridgehead atoms. The maximum atomic E-state index is 12.1. The number of hydrogen-bond donors (Lipinski definition) is 2. The van der Waals surface area contributed by atoms with Gasteiger partial charge in [0.1, 0.15) is 16.6 Å². The first-order valence-corrected chi connectivity index (χ1v) is 8.38. The van der Waals surface area contributed by atoms with Gasteiger partial charge < -0.3 is 15.4 Å². The number of hydrogen-bond acceptors (Lipinski definition) is 4. The molecule has 0 atom stereocenters. The van der Waals surface area contributed by atoms with Crippen molar-refractivity contribution in [2.24, 2.45) is 12.8 Å². The minimum atomic E-state index is -0.551. The maximum absolute atomic E-state index is 12.1. The molecule has 3 rings (SSSR count). The van der Waals surface area contributed by atoms with E-state index in [-0.39, 0.29) is 5.75 Å². The molecule has 0 saturated carbocycles. The summed E-state index contributed by atoms with van der Waals surface area (Å²) in [5.74, 6) is -0.392. The molecule has 5 nitrogen and oxygen atoms in total. The van der Waals surface area contributed by atoms with Gasteiger partial charge >= 0.3 is 0 Å². The first-order valence-electron chi connectivity index (χ1n) is 7.23. The lowest BCUT2D eigenvalue weighted by atomic mass is 9.95. The van der Waals surface area contributed by atoms with Crippen molar-refractivity contribution in [2.45, 2.75) is 13.8 Å². The third-order valence-electron chi connectivity index (χ3n) is 4.00. The van der Waals surface area contributed by atoms with Crippen LogP contribution in [0.15, 0.2) is 24.3 Å². The first kappa shape index (κ1) is 16.5. The summed E-state index contributed by atoms with van der Waals surface area (Å²) >= 11 is 7.91. The quantitative estimate of drug-likeness (QED) is 0.742. The standard InChI is InChI=1S/C17H16ClN3O2S/c1-8-12(9(2)24-20-8)14-13(10-4-6-11(22)7-5-10)16(18)21(3)15(14)17(19)23/h4-7,22H,1-3H3,(H2,19,23). The highest BCUT2D eigenvalue weighted by atomic mass is 35.5. The fourth-order valence-corrected chi connectivity index (χ4v) is 3.91. The van der Waals surface area contributed by atoms with Crippen LogP contribution in [0.4, 0.5) is 0 Å². The fourth-order valence-electron chi connectivity index (χ4n) is 2.92. The number of aromatic hydroxyl groups is 1. The van der Waals surface area contributed by atoms with Crippen LogP contribution in [0.5, 0.6) is 5.75 Å². The van der Waals surface area contributed by atoms with Gasteiger partial charge in [0.2, 0.25) is 0 Å². The number of primary amides is 1. The summed E-state index contributed by atoms with van der Waals surface area (Å²) in [5.41, 5.74) is 9.85. The zero-order chi connectivity index (χ0) is 17.6. The molecule has 124 valence electrons. The number of aromatic nitrogens is 2. The Balaban J connectivity index is 2.43. The largest absolute Gasteiger partial charge is 0.508 e. The molecular weight excluding hydrogens is 346 g/mol. The Kier molecular flexibility index (Phi) is 4.11. The smallest absolute Gasteiger partial charge is 0.266 e. The molecule has 0 saturated heterocycles. The minimum absolute atomic E-state index is 0.159. The van der Waals surface area contributed by atoms with Gasteiger partial charge in [-0.05, 0) is 43.1 Å². The Bertz CT molecular complexity index is 922. The van der Waals surface area contributed by atoms with E-state index < -0.39 is 5.91 Å². The molecule has 0 aliphatic carbocycles. The Morgan fingerprint density at radius 1 is 1.21 bits per heavy atom. The predicted octanol–water partition coefficient (Wildman–Crippen LogP) is 3.89. The van der Waals surface area contributed by atoms with Crippen molar-refractivity contribution in [2.75, 3.05) is 0 Å². The molecule has 7 heteroatoms. The number of nitrogens with zero attached hydrogens (tertiary/aromatic N) is 2. The van der Waals surface area contributed by atoms with Gasteiger partial charge in [-0.3, -0.25) is 4.79 Å². The van der Waals surface area contributed by atoms with E-state index in [1.165, 1.54) is 11.5 Å². The van der Waals surface area contributed by atoms with E-state index >= 15 is 0 Å². The molecule has 0 radical (unpaired) electrons.